The second kappa shape index (κ2) is 5.49. The third kappa shape index (κ3) is 4.73. The van der Waals surface area contributed by atoms with Crippen LogP contribution in [0.1, 0.15) is 36.5 Å². The van der Waals surface area contributed by atoms with Gasteiger partial charge in [0.1, 0.15) is 5.82 Å². The first-order valence-corrected chi connectivity index (χ1v) is 5.30. The Morgan fingerprint density at radius 1 is 1.29 bits per heavy atom. The van der Waals surface area contributed by atoms with Crippen LogP contribution in [0.2, 0.25) is 0 Å². The Morgan fingerprint density at radius 2 is 1.94 bits per heavy atom. The molecule has 0 amide bonds. The van der Waals surface area contributed by atoms with Crippen LogP contribution in [0.5, 0.6) is 0 Å². The topological polar surface area (TPSA) is 20.2 Å². The van der Waals surface area contributed by atoms with E-state index in [2.05, 4.69) is 0 Å². The minimum Gasteiger partial charge on any atom is -0.388 e. The lowest BCUT2D eigenvalue weighted by atomic mass is 10.0. The second-order valence-corrected chi connectivity index (χ2v) is 4.05. The van der Waals surface area contributed by atoms with E-state index in [-0.39, 0.29) is 18.4 Å². The van der Waals surface area contributed by atoms with Crippen LogP contribution in [0.4, 0.5) is 17.6 Å². The van der Waals surface area contributed by atoms with Gasteiger partial charge >= 0.3 is 6.18 Å². The molecule has 0 aliphatic carbocycles. The number of benzene rings is 1. The molecule has 0 aliphatic rings. The fraction of sp³-hybridized carbons (Fsp3) is 0.500. The van der Waals surface area contributed by atoms with Crippen molar-refractivity contribution in [2.24, 2.45) is 0 Å². The molecule has 1 aromatic carbocycles. The Hall–Kier alpha value is -1.10. The highest BCUT2D eigenvalue weighted by Gasteiger charge is 2.27. The average molecular weight is 250 g/mol. The molecule has 0 aliphatic heterocycles. The molecule has 17 heavy (non-hydrogen) atoms. The molecule has 1 aromatic rings. The highest BCUT2D eigenvalue weighted by atomic mass is 19.4. The fourth-order valence-electron chi connectivity index (χ4n) is 1.57. The van der Waals surface area contributed by atoms with Crippen molar-refractivity contribution >= 4 is 0 Å². The average Bonchev–Trinajstić information content (AvgIpc) is 2.19. The van der Waals surface area contributed by atoms with Gasteiger partial charge in [-0.15, -0.1) is 0 Å². The summed E-state index contributed by atoms with van der Waals surface area (Å²) in [6.07, 6.45) is -6.68. The van der Waals surface area contributed by atoms with E-state index < -0.39 is 24.5 Å². The van der Waals surface area contributed by atoms with Gasteiger partial charge in [-0.05, 0) is 25.8 Å². The number of aliphatic hydroxyl groups excluding tert-OH is 1. The first kappa shape index (κ1) is 14.0. The van der Waals surface area contributed by atoms with Crippen molar-refractivity contribution in [3.8, 4) is 0 Å². The van der Waals surface area contributed by atoms with Crippen molar-refractivity contribution in [2.75, 3.05) is 0 Å². The largest absolute Gasteiger partial charge is 0.389 e. The lowest BCUT2D eigenvalue weighted by Crippen LogP contribution is -2.08. The van der Waals surface area contributed by atoms with Gasteiger partial charge in [-0.3, -0.25) is 0 Å². The minimum absolute atomic E-state index is 0.0622. The lowest BCUT2D eigenvalue weighted by Gasteiger charge is -2.13. The van der Waals surface area contributed by atoms with Gasteiger partial charge in [-0.25, -0.2) is 4.39 Å². The maximum absolute atomic E-state index is 13.3. The third-order valence-electron chi connectivity index (χ3n) is 2.45. The van der Waals surface area contributed by atoms with E-state index in [0.717, 1.165) is 5.56 Å². The zero-order chi connectivity index (χ0) is 13.1. The minimum atomic E-state index is -4.23. The molecule has 0 bridgehead atoms. The van der Waals surface area contributed by atoms with Crippen LogP contribution in [-0.2, 0) is 0 Å². The molecule has 96 valence electrons. The SMILES string of the molecule is Cc1ccc(F)c(C(O)CCCC(F)(F)F)c1. The molecule has 0 radical (unpaired) electrons. The first-order valence-electron chi connectivity index (χ1n) is 5.30. The molecule has 0 fully saturated rings. The summed E-state index contributed by atoms with van der Waals surface area (Å²) in [7, 11) is 0. The molecule has 0 aromatic heterocycles. The van der Waals surface area contributed by atoms with Gasteiger partial charge in [0.05, 0.1) is 6.10 Å². The number of halogens is 4. The summed E-state index contributed by atoms with van der Waals surface area (Å²) >= 11 is 0. The van der Waals surface area contributed by atoms with E-state index >= 15 is 0 Å². The van der Waals surface area contributed by atoms with E-state index in [9.17, 15) is 22.7 Å². The number of hydrogen-bond acceptors (Lipinski definition) is 1. The predicted molar refractivity (Wildman–Crippen MR) is 56.0 cm³/mol. The lowest BCUT2D eigenvalue weighted by molar-refractivity contribution is -0.136. The van der Waals surface area contributed by atoms with Crippen molar-refractivity contribution in [1.82, 2.24) is 0 Å². The second-order valence-electron chi connectivity index (χ2n) is 4.05. The molecule has 0 heterocycles. The molecule has 0 saturated heterocycles. The summed E-state index contributed by atoms with van der Waals surface area (Å²) in [5, 5.41) is 9.62. The Labute approximate surface area is 97.1 Å². The van der Waals surface area contributed by atoms with Crippen LogP contribution >= 0.6 is 0 Å². The van der Waals surface area contributed by atoms with E-state index in [1.807, 2.05) is 0 Å². The van der Waals surface area contributed by atoms with E-state index in [1.54, 1.807) is 13.0 Å². The van der Waals surface area contributed by atoms with Crippen molar-refractivity contribution in [3.63, 3.8) is 0 Å². The predicted octanol–water partition coefficient (Wildman–Crippen LogP) is 3.90. The molecule has 0 spiro atoms. The highest BCUT2D eigenvalue weighted by molar-refractivity contribution is 5.25. The van der Waals surface area contributed by atoms with Gasteiger partial charge < -0.3 is 5.11 Å². The van der Waals surface area contributed by atoms with Crippen molar-refractivity contribution in [2.45, 2.75) is 38.5 Å². The monoisotopic (exact) mass is 250 g/mol. The van der Waals surface area contributed by atoms with E-state index in [1.165, 1.54) is 12.1 Å². The Bertz CT molecular complexity index is 373. The highest BCUT2D eigenvalue weighted by Crippen LogP contribution is 2.27. The van der Waals surface area contributed by atoms with Gasteiger partial charge in [0.25, 0.3) is 0 Å². The Kier molecular flexibility index (Phi) is 4.51. The summed E-state index contributed by atoms with van der Waals surface area (Å²) in [4.78, 5) is 0. The van der Waals surface area contributed by atoms with Gasteiger partial charge in [0, 0.05) is 12.0 Å². The first-order chi connectivity index (χ1) is 7.79. The van der Waals surface area contributed by atoms with Gasteiger partial charge in [0.2, 0.25) is 0 Å². The molecular weight excluding hydrogens is 236 g/mol. The van der Waals surface area contributed by atoms with Crippen LogP contribution in [0, 0.1) is 12.7 Å². The maximum atomic E-state index is 13.3. The molecule has 5 heteroatoms. The molecular formula is C12H14F4O. The molecule has 0 saturated carbocycles. The van der Waals surface area contributed by atoms with Crippen molar-refractivity contribution < 1.29 is 22.7 Å². The molecule has 1 rings (SSSR count). The molecule has 1 atom stereocenters. The summed E-state index contributed by atoms with van der Waals surface area (Å²) in [5.41, 5.74) is 0.823. The summed E-state index contributed by atoms with van der Waals surface area (Å²) in [6.45, 7) is 1.73. The molecule has 1 nitrogen and oxygen atoms in total. The number of hydrogen-bond donors (Lipinski definition) is 1. The quantitative estimate of drug-likeness (QED) is 0.803. The fourth-order valence-corrected chi connectivity index (χ4v) is 1.57. The van der Waals surface area contributed by atoms with Crippen LogP contribution < -0.4 is 0 Å². The smallest absolute Gasteiger partial charge is 0.388 e. The van der Waals surface area contributed by atoms with Gasteiger partial charge in [-0.2, -0.15) is 13.2 Å². The van der Waals surface area contributed by atoms with E-state index in [4.69, 9.17) is 0 Å². The summed E-state index contributed by atoms with van der Waals surface area (Å²) < 4.78 is 49.0. The van der Waals surface area contributed by atoms with Crippen molar-refractivity contribution in [1.29, 1.82) is 0 Å². The van der Waals surface area contributed by atoms with Crippen molar-refractivity contribution in [3.05, 3.63) is 35.1 Å². The van der Waals surface area contributed by atoms with Crippen LogP contribution in [-0.4, -0.2) is 11.3 Å². The summed E-state index contributed by atoms with van der Waals surface area (Å²) in [5.74, 6) is -0.588. The normalized spacial score (nSPS) is 13.8. The number of rotatable bonds is 4. The standard InChI is InChI=1S/C12H14F4O/c1-8-4-5-10(13)9(7-8)11(17)3-2-6-12(14,15)16/h4-5,7,11,17H,2-3,6H2,1H3. The van der Waals surface area contributed by atoms with Gasteiger partial charge in [0.15, 0.2) is 0 Å². The van der Waals surface area contributed by atoms with Gasteiger partial charge in [-0.1, -0.05) is 17.7 Å². The Balaban J connectivity index is 2.58. The Morgan fingerprint density at radius 3 is 2.53 bits per heavy atom. The number of aliphatic hydroxyl groups is 1. The van der Waals surface area contributed by atoms with Crippen LogP contribution in [0.15, 0.2) is 18.2 Å². The molecule has 1 N–H and O–H groups in total. The number of aryl methyl sites for hydroxylation is 1. The maximum Gasteiger partial charge on any atom is 0.389 e. The van der Waals surface area contributed by atoms with Crippen LogP contribution in [0.25, 0.3) is 0 Å². The zero-order valence-electron chi connectivity index (χ0n) is 9.39. The number of alkyl halides is 3. The van der Waals surface area contributed by atoms with E-state index in [0.29, 0.717) is 0 Å². The third-order valence-corrected chi connectivity index (χ3v) is 2.45. The van der Waals surface area contributed by atoms with Crippen LogP contribution in [0.3, 0.4) is 0 Å². The molecule has 1 unspecified atom stereocenters. The summed E-state index contributed by atoms with van der Waals surface area (Å²) in [6, 6.07) is 4.20. The zero-order valence-corrected chi connectivity index (χ0v) is 9.39.